The molecule has 0 saturated carbocycles. The van der Waals surface area contributed by atoms with Crippen molar-refractivity contribution in [3.8, 4) is 0 Å². The SMILES string of the molecule is O=C(NC[C@@H](c1cccs1)N1CCOCC1)c1ccc(CSc2nc3ccccc3[nH]2)cc1. The van der Waals surface area contributed by atoms with E-state index in [4.69, 9.17) is 4.74 Å². The Morgan fingerprint density at radius 1 is 1.12 bits per heavy atom. The lowest BCUT2D eigenvalue weighted by Crippen LogP contribution is -2.43. The number of fused-ring (bicyclic) bond motifs is 1. The van der Waals surface area contributed by atoms with Gasteiger partial charge in [0.15, 0.2) is 5.16 Å². The second kappa shape index (κ2) is 10.5. The monoisotopic (exact) mass is 478 g/mol. The van der Waals surface area contributed by atoms with Gasteiger partial charge in [-0.3, -0.25) is 9.69 Å². The number of thioether (sulfide) groups is 1. The molecule has 6 nitrogen and oxygen atoms in total. The van der Waals surface area contributed by atoms with Crippen LogP contribution in [0.5, 0.6) is 0 Å². The second-order valence-electron chi connectivity index (χ2n) is 7.93. The lowest BCUT2D eigenvalue weighted by Gasteiger charge is -2.34. The Bertz CT molecular complexity index is 1150. The molecule has 8 heteroatoms. The van der Waals surface area contributed by atoms with Crippen molar-refractivity contribution in [3.63, 3.8) is 0 Å². The maximum Gasteiger partial charge on any atom is 0.251 e. The molecule has 2 aromatic carbocycles. The van der Waals surface area contributed by atoms with Crippen LogP contribution in [0.3, 0.4) is 0 Å². The van der Waals surface area contributed by atoms with Gasteiger partial charge < -0.3 is 15.0 Å². The number of ether oxygens (including phenoxy) is 1. The Morgan fingerprint density at radius 2 is 1.94 bits per heavy atom. The summed E-state index contributed by atoms with van der Waals surface area (Å²) >= 11 is 3.40. The van der Waals surface area contributed by atoms with E-state index >= 15 is 0 Å². The number of nitrogens with one attached hydrogen (secondary N) is 2. The van der Waals surface area contributed by atoms with E-state index < -0.39 is 0 Å². The molecular formula is C25H26N4O2S2. The Hall–Kier alpha value is -2.65. The smallest absolute Gasteiger partial charge is 0.251 e. The van der Waals surface area contributed by atoms with Gasteiger partial charge in [0, 0.05) is 35.8 Å². The number of para-hydroxylation sites is 2. The maximum atomic E-state index is 12.8. The molecule has 33 heavy (non-hydrogen) atoms. The number of thiophene rings is 1. The zero-order valence-corrected chi connectivity index (χ0v) is 19.8. The Morgan fingerprint density at radius 3 is 2.70 bits per heavy atom. The van der Waals surface area contributed by atoms with Crippen LogP contribution in [0, 0.1) is 0 Å². The first-order valence-electron chi connectivity index (χ1n) is 11.1. The molecule has 1 aliphatic rings. The first-order chi connectivity index (χ1) is 16.3. The minimum atomic E-state index is -0.0405. The molecular weight excluding hydrogens is 452 g/mol. The normalized spacial score (nSPS) is 15.5. The number of rotatable bonds is 8. The quantitative estimate of drug-likeness (QED) is 0.359. The van der Waals surface area contributed by atoms with Crippen molar-refractivity contribution in [2.45, 2.75) is 17.0 Å². The lowest BCUT2D eigenvalue weighted by molar-refractivity contribution is 0.0169. The van der Waals surface area contributed by atoms with Gasteiger partial charge in [-0.05, 0) is 41.3 Å². The molecule has 2 N–H and O–H groups in total. The fourth-order valence-corrected chi connectivity index (χ4v) is 5.67. The van der Waals surface area contributed by atoms with E-state index in [0.717, 1.165) is 53.8 Å². The van der Waals surface area contributed by atoms with Crippen LogP contribution in [0.1, 0.15) is 26.8 Å². The minimum Gasteiger partial charge on any atom is -0.379 e. The Kier molecular flexibility index (Phi) is 7.06. The first kappa shape index (κ1) is 22.2. The van der Waals surface area contributed by atoms with Gasteiger partial charge in [0.25, 0.3) is 5.91 Å². The van der Waals surface area contributed by atoms with E-state index in [-0.39, 0.29) is 11.9 Å². The van der Waals surface area contributed by atoms with Crippen molar-refractivity contribution in [2.75, 3.05) is 32.8 Å². The summed E-state index contributed by atoms with van der Waals surface area (Å²) in [5.41, 5.74) is 3.86. The van der Waals surface area contributed by atoms with Crippen LogP contribution in [0.15, 0.2) is 71.2 Å². The molecule has 0 unspecified atom stereocenters. The molecule has 0 aliphatic carbocycles. The number of H-pyrrole nitrogens is 1. The standard InChI is InChI=1S/C25H26N4O2S2/c30-24(26-16-22(23-6-3-15-32-23)29-11-13-31-14-12-29)19-9-7-18(8-10-19)17-33-25-27-20-4-1-2-5-21(20)28-25/h1-10,15,22H,11-14,16-17H2,(H,26,30)(H,27,28)/t22-/m0/s1. The van der Waals surface area contributed by atoms with Crippen LogP contribution in [0.25, 0.3) is 11.0 Å². The van der Waals surface area contributed by atoms with E-state index in [0.29, 0.717) is 12.1 Å². The fraction of sp³-hybridized carbons (Fsp3) is 0.280. The summed E-state index contributed by atoms with van der Waals surface area (Å²) in [7, 11) is 0. The van der Waals surface area contributed by atoms with Gasteiger partial charge >= 0.3 is 0 Å². The molecule has 3 heterocycles. The lowest BCUT2D eigenvalue weighted by atomic mass is 10.1. The van der Waals surface area contributed by atoms with E-state index in [9.17, 15) is 4.79 Å². The zero-order chi connectivity index (χ0) is 22.5. The van der Waals surface area contributed by atoms with Gasteiger partial charge in [-0.1, -0.05) is 42.1 Å². The van der Waals surface area contributed by atoms with E-state index in [2.05, 4.69) is 37.7 Å². The number of benzene rings is 2. The molecule has 2 aromatic heterocycles. The molecule has 0 spiro atoms. The summed E-state index contributed by atoms with van der Waals surface area (Å²) in [6, 6.07) is 20.3. The van der Waals surface area contributed by atoms with Crippen LogP contribution >= 0.6 is 23.1 Å². The molecule has 4 aromatic rings. The predicted octanol–water partition coefficient (Wildman–Crippen LogP) is 4.72. The van der Waals surface area contributed by atoms with Gasteiger partial charge in [-0.15, -0.1) is 11.3 Å². The molecule has 1 saturated heterocycles. The van der Waals surface area contributed by atoms with Crippen LogP contribution < -0.4 is 5.32 Å². The number of hydrogen-bond donors (Lipinski definition) is 2. The van der Waals surface area contributed by atoms with Crippen LogP contribution in [-0.4, -0.2) is 53.6 Å². The van der Waals surface area contributed by atoms with Crippen LogP contribution in [-0.2, 0) is 10.5 Å². The third-order valence-electron chi connectivity index (χ3n) is 5.77. The zero-order valence-electron chi connectivity index (χ0n) is 18.2. The first-order valence-corrected chi connectivity index (χ1v) is 12.9. The van der Waals surface area contributed by atoms with Gasteiger partial charge in [0.1, 0.15) is 0 Å². The fourth-order valence-electron chi connectivity index (χ4n) is 3.97. The third-order valence-corrected chi connectivity index (χ3v) is 7.69. The predicted molar refractivity (Wildman–Crippen MR) is 134 cm³/mol. The summed E-state index contributed by atoms with van der Waals surface area (Å²) in [5.74, 6) is 0.750. The number of carbonyl (C=O) groups excluding carboxylic acids is 1. The molecule has 0 radical (unpaired) electrons. The topological polar surface area (TPSA) is 70.2 Å². The number of nitrogens with zero attached hydrogens (tertiary/aromatic N) is 2. The number of aromatic amines is 1. The molecule has 1 fully saturated rings. The summed E-state index contributed by atoms with van der Waals surface area (Å²) < 4.78 is 5.50. The second-order valence-corrected chi connectivity index (χ2v) is 9.88. The molecule has 1 aliphatic heterocycles. The number of aromatic nitrogens is 2. The van der Waals surface area contributed by atoms with Crippen LogP contribution in [0.4, 0.5) is 0 Å². The molecule has 5 rings (SSSR count). The molecule has 1 atom stereocenters. The highest BCUT2D eigenvalue weighted by Crippen LogP contribution is 2.26. The van der Waals surface area contributed by atoms with Crippen molar-refractivity contribution in [2.24, 2.45) is 0 Å². The van der Waals surface area contributed by atoms with Gasteiger partial charge in [-0.25, -0.2) is 4.98 Å². The van der Waals surface area contributed by atoms with Gasteiger partial charge in [0.05, 0.1) is 30.3 Å². The largest absolute Gasteiger partial charge is 0.379 e. The minimum absolute atomic E-state index is 0.0405. The van der Waals surface area contributed by atoms with E-state index in [1.807, 2.05) is 48.5 Å². The van der Waals surface area contributed by atoms with Crippen molar-refractivity contribution in [1.82, 2.24) is 20.2 Å². The highest BCUT2D eigenvalue weighted by atomic mass is 32.2. The number of amides is 1. The highest BCUT2D eigenvalue weighted by molar-refractivity contribution is 7.98. The summed E-state index contributed by atoms with van der Waals surface area (Å²) in [5, 5.41) is 6.14. The number of carbonyl (C=O) groups is 1. The molecule has 0 bridgehead atoms. The highest BCUT2D eigenvalue weighted by Gasteiger charge is 2.24. The molecule has 170 valence electrons. The van der Waals surface area contributed by atoms with Crippen molar-refractivity contribution in [1.29, 1.82) is 0 Å². The summed E-state index contributed by atoms with van der Waals surface area (Å²) in [4.78, 5) is 24.4. The van der Waals surface area contributed by atoms with E-state index in [1.165, 1.54) is 4.88 Å². The van der Waals surface area contributed by atoms with Crippen molar-refractivity contribution >= 4 is 40.0 Å². The maximum absolute atomic E-state index is 12.8. The van der Waals surface area contributed by atoms with Crippen LogP contribution in [0.2, 0.25) is 0 Å². The van der Waals surface area contributed by atoms with Gasteiger partial charge in [-0.2, -0.15) is 0 Å². The average Bonchev–Trinajstić information content (AvgIpc) is 3.54. The number of morpholine rings is 1. The third kappa shape index (κ3) is 5.47. The van der Waals surface area contributed by atoms with Crippen molar-refractivity contribution < 1.29 is 9.53 Å². The van der Waals surface area contributed by atoms with E-state index in [1.54, 1.807) is 23.1 Å². The van der Waals surface area contributed by atoms with Crippen molar-refractivity contribution in [3.05, 3.63) is 82.0 Å². The van der Waals surface area contributed by atoms with Gasteiger partial charge in [0.2, 0.25) is 0 Å². The Labute approximate surface area is 201 Å². The number of hydrogen-bond acceptors (Lipinski definition) is 6. The summed E-state index contributed by atoms with van der Waals surface area (Å²) in [6.45, 7) is 3.84. The Balaban J connectivity index is 1.17. The molecule has 1 amide bonds. The average molecular weight is 479 g/mol. The number of imidazole rings is 1. The summed E-state index contributed by atoms with van der Waals surface area (Å²) in [6.07, 6.45) is 0.